The van der Waals surface area contributed by atoms with Crippen LogP contribution in [0.2, 0.25) is 0 Å². The molecule has 0 fully saturated rings. The molecule has 0 atom stereocenters. The van der Waals surface area contributed by atoms with Gasteiger partial charge in [0.2, 0.25) is 18.3 Å². The van der Waals surface area contributed by atoms with Crippen LogP contribution in [-0.2, 0) is 31.9 Å². The number of fused-ring (bicyclic) bond motifs is 1. The molecule has 2 aromatic carbocycles. The molecule has 0 bridgehead atoms. The first-order chi connectivity index (χ1) is 19.3. The number of benzene rings is 2. The number of aromatic nitrogens is 3. The number of imidazole rings is 1. The molecule has 3 aromatic heterocycles. The van der Waals surface area contributed by atoms with Gasteiger partial charge < -0.3 is 18.6 Å². The van der Waals surface area contributed by atoms with Gasteiger partial charge in [-0.05, 0) is 31.5 Å². The maximum absolute atomic E-state index is 12.6. The molecule has 0 aliphatic carbocycles. The molecule has 9 nitrogen and oxygen atoms in total. The number of nitrogens with zero attached hydrogens (tertiary/aromatic N) is 3. The highest BCUT2D eigenvalue weighted by Gasteiger charge is 2.33. The molecule has 5 rings (SSSR count). The first kappa shape index (κ1) is 26.7. The summed E-state index contributed by atoms with van der Waals surface area (Å²) in [4.78, 5) is 33.9. The van der Waals surface area contributed by atoms with Gasteiger partial charge in [0.05, 0.1) is 24.1 Å². The summed E-state index contributed by atoms with van der Waals surface area (Å²) >= 11 is 0. The Kier molecular flexibility index (Phi) is 7.63. The third-order valence-corrected chi connectivity index (χ3v) is 6.18. The van der Waals surface area contributed by atoms with E-state index in [9.17, 15) is 9.59 Å². The molecule has 0 saturated heterocycles. The minimum atomic E-state index is -1.46. The van der Waals surface area contributed by atoms with Gasteiger partial charge in [0.25, 0.3) is 0 Å². The molecule has 9 heteroatoms. The SMILES string of the molecule is CC(=O)OC(C)(C)C(=O)OCOc1c(Cc2ccco2)nc2c(Cc3ccccc3)nc(-c3ccccc3)cn12. The van der Waals surface area contributed by atoms with Crippen LogP contribution in [0.4, 0.5) is 0 Å². The Balaban J connectivity index is 1.56. The maximum atomic E-state index is 12.6. The number of esters is 2. The van der Waals surface area contributed by atoms with Crippen molar-refractivity contribution in [1.29, 1.82) is 0 Å². The monoisotopic (exact) mass is 539 g/mol. The summed E-state index contributed by atoms with van der Waals surface area (Å²) in [5.74, 6) is -0.238. The van der Waals surface area contributed by atoms with Crippen LogP contribution in [0.1, 0.15) is 43.5 Å². The van der Waals surface area contributed by atoms with Crippen LogP contribution in [0.5, 0.6) is 5.88 Å². The third kappa shape index (κ3) is 6.04. The zero-order valence-corrected chi connectivity index (χ0v) is 22.5. The summed E-state index contributed by atoms with van der Waals surface area (Å²) in [6.07, 6.45) is 4.35. The highest BCUT2D eigenvalue weighted by atomic mass is 16.7. The number of carbonyl (C=O) groups is 2. The van der Waals surface area contributed by atoms with Crippen LogP contribution in [0.3, 0.4) is 0 Å². The van der Waals surface area contributed by atoms with E-state index in [1.807, 2.05) is 77.3 Å². The molecule has 0 aliphatic heterocycles. The fraction of sp³-hybridized carbons (Fsp3) is 0.226. The lowest BCUT2D eigenvalue weighted by atomic mass is 10.1. The quantitative estimate of drug-likeness (QED) is 0.172. The second kappa shape index (κ2) is 11.4. The number of carbonyl (C=O) groups excluding carboxylic acids is 2. The van der Waals surface area contributed by atoms with Gasteiger partial charge in [-0.3, -0.25) is 9.20 Å². The molecule has 0 N–H and O–H groups in total. The Hall–Kier alpha value is -4.92. The Bertz CT molecular complexity index is 1610. The van der Waals surface area contributed by atoms with E-state index in [0.717, 1.165) is 22.5 Å². The third-order valence-electron chi connectivity index (χ3n) is 6.18. The fourth-order valence-electron chi connectivity index (χ4n) is 4.35. The lowest BCUT2D eigenvalue weighted by Crippen LogP contribution is -2.38. The van der Waals surface area contributed by atoms with Crippen LogP contribution in [0, 0.1) is 0 Å². The van der Waals surface area contributed by atoms with Gasteiger partial charge >= 0.3 is 11.9 Å². The van der Waals surface area contributed by atoms with Gasteiger partial charge in [0, 0.05) is 25.1 Å². The smallest absolute Gasteiger partial charge is 0.352 e. The van der Waals surface area contributed by atoms with E-state index in [1.165, 1.54) is 20.8 Å². The first-order valence-electron chi connectivity index (χ1n) is 12.8. The zero-order chi connectivity index (χ0) is 28.1. The maximum Gasteiger partial charge on any atom is 0.352 e. The highest BCUT2D eigenvalue weighted by Crippen LogP contribution is 2.29. The Morgan fingerprint density at radius 3 is 2.30 bits per heavy atom. The zero-order valence-electron chi connectivity index (χ0n) is 22.5. The normalized spacial score (nSPS) is 11.4. The molecule has 0 saturated carbocycles. The molecule has 0 aliphatic rings. The number of furan rings is 1. The number of hydrogen-bond donors (Lipinski definition) is 0. The molecule has 40 heavy (non-hydrogen) atoms. The van der Waals surface area contributed by atoms with Crippen molar-refractivity contribution in [1.82, 2.24) is 14.4 Å². The molecular formula is C31H29N3O6. The van der Waals surface area contributed by atoms with E-state index in [1.54, 1.807) is 12.3 Å². The lowest BCUT2D eigenvalue weighted by Gasteiger charge is -2.22. The topological polar surface area (TPSA) is 105 Å². The van der Waals surface area contributed by atoms with Crippen LogP contribution in [0.15, 0.2) is 89.7 Å². The van der Waals surface area contributed by atoms with Crippen molar-refractivity contribution in [2.45, 2.75) is 39.2 Å². The molecule has 0 spiro atoms. The molecule has 0 amide bonds. The lowest BCUT2D eigenvalue weighted by molar-refractivity contribution is -0.181. The van der Waals surface area contributed by atoms with Crippen LogP contribution in [0.25, 0.3) is 16.9 Å². The number of hydrogen-bond acceptors (Lipinski definition) is 8. The number of rotatable bonds is 10. The second-order valence-electron chi connectivity index (χ2n) is 9.71. The number of ether oxygens (including phenoxy) is 3. The van der Waals surface area contributed by atoms with Crippen LogP contribution in [-0.4, -0.2) is 38.7 Å². The molecule has 3 heterocycles. The average Bonchev–Trinajstić information content (AvgIpc) is 3.57. The minimum Gasteiger partial charge on any atom is -0.469 e. The van der Waals surface area contributed by atoms with Gasteiger partial charge in [-0.1, -0.05) is 60.7 Å². The molecule has 5 aromatic rings. The predicted octanol–water partition coefficient (Wildman–Crippen LogP) is 5.39. The standard InChI is InChI=1S/C31H29N3O6/c1-21(35)40-31(2,3)30(36)39-20-38-29-26(18-24-15-10-16-37-24)33-28-25(17-22-11-6-4-7-12-22)32-27(19-34(28)29)23-13-8-5-9-14-23/h4-16,19H,17-18,20H2,1-3H3. The van der Waals surface area contributed by atoms with Crippen molar-refractivity contribution in [2.75, 3.05) is 6.79 Å². The minimum absolute atomic E-state index is 0.350. The Morgan fingerprint density at radius 2 is 1.62 bits per heavy atom. The highest BCUT2D eigenvalue weighted by molar-refractivity contribution is 5.82. The fourth-order valence-corrected chi connectivity index (χ4v) is 4.35. The summed E-state index contributed by atoms with van der Waals surface area (Å²) in [7, 11) is 0. The van der Waals surface area contributed by atoms with E-state index < -0.39 is 24.3 Å². The van der Waals surface area contributed by atoms with Gasteiger partial charge in [-0.2, -0.15) is 0 Å². The first-order valence-corrected chi connectivity index (χ1v) is 12.8. The van der Waals surface area contributed by atoms with Gasteiger partial charge in [-0.25, -0.2) is 14.8 Å². The van der Waals surface area contributed by atoms with Crippen LogP contribution >= 0.6 is 0 Å². The molecule has 204 valence electrons. The molecule has 0 unspecified atom stereocenters. The van der Waals surface area contributed by atoms with E-state index in [4.69, 9.17) is 28.6 Å². The van der Waals surface area contributed by atoms with Crippen molar-refractivity contribution in [3.63, 3.8) is 0 Å². The Labute approximate surface area is 231 Å². The van der Waals surface area contributed by atoms with E-state index in [2.05, 4.69) is 0 Å². The Morgan fingerprint density at radius 1 is 0.900 bits per heavy atom. The average molecular weight is 540 g/mol. The van der Waals surface area contributed by atoms with E-state index in [-0.39, 0.29) is 0 Å². The molecule has 0 radical (unpaired) electrons. The van der Waals surface area contributed by atoms with Crippen molar-refractivity contribution < 1.29 is 28.2 Å². The van der Waals surface area contributed by atoms with Crippen molar-refractivity contribution in [2.24, 2.45) is 0 Å². The summed E-state index contributed by atoms with van der Waals surface area (Å²) < 4.78 is 23.9. The summed E-state index contributed by atoms with van der Waals surface area (Å²) in [5.41, 5.74) is 3.26. The van der Waals surface area contributed by atoms with Gasteiger partial charge in [-0.15, -0.1) is 0 Å². The van der Waals surface area contributed by atoms with E-state index in [0.29, 0.717) is 35.8 Å². The summed E-state index contributed by atoms with van der Waals surface area (Å²) in [6, 6.07) is 23.5. The summed E-state index contributed by atoms with van der Waals surface area (Å²) in [5, 5.41) is 0. The van der Waals surface area contributed by atoms with Crippen molar-refractivity contribution >= 4 is 17.6 Å². The predicted molar refractivity (Wildman–Crippen MR) is 147 cm³/mol. The van der Waals surface area contributed by atoms with E-state index >= 15 is 0 Å². The second-order valence-corrected chi connectivity index (χ2v) is 9.71. The van der Waals surface area contributed by atoms with Crippen molar-refractivity contribution in [3.8, 4) is 17.1 Å². The molecular weight excluding hydrogens is 510 g/mol. The largest absolute Gasteiger partial charge is 0.469 e. The summed E-state index contributed by atoms with van der Waals surface area (Å²) in [6.45, 7) is 3.73. The van der Waals surface area contributed by atoms with Crippen LogP contribution < -0.4 is 4.74 Å². The van der Waals surface area contributed by atoms with Gasteiger partial charge in [0.1, 0.15) is 11.5 Å². The van der Waals surface area contributed by atoms with Gasteiger partial charge in [0.15, 0.2) is 5.65 Å². The van der Waals surface area contributed by atoms with Crippen molar-refractivity contribution in [3.05, 3.63) is 108 Å².